The Morgan fingerprint density at radius 2 is 1.74 bits per heavy atom. The van der Waals surface area contributed by atoms with E-state index in [-0.39, 0.29) is 11.8 Å². The van der Waals surface area contributed by atoms with Gasteiger partial charge in [-0.2, -0.15) is 0 Å². The lowest BCUT2D eigenvalue weighted by molar-refractivity contribution is -0.129. The van der Waals surface area contributed by atoms with E-state index in [0.717, 1.165) is 25.9 Å². The van der Waals surface area contributed by atoms with Crippen molar-refractivity contribution in [3.05, 3.63) is 29.8 Å². The monoisotopic (exact) mass is 319 g/mol. The molecule has 1 heterocycles. The second-order valence-corrected chi connectivity index (χ2v) is 5.84. The topological polar surface area (TPSA) is 81.7 Å². The minimum atomic E-state index is -0.368. The first-order chi connectivity index (χ1) is 11.2. The van der Waals surface area contributed by atoms with Crippen LogP contribution in [-0.4, -0.2) is 36.7 Å². The number of nitrogens with zero attached hydrogens (tertiary/aromatic N) is 1. The highest BCUT2D eigenvalue weighted by Crippen LogP contribution is 2.20. The SMILES string of the molecule is O=C(CCCCCNC(=O)c1ccc(N2CCCC2)cc1)NO. The number of carbonyl (C=O) groups excluding carboxylic acids is 2. The lowest BCUT2D eigenvalue weighted by Crippen LogP contribution is -2.24. The largest absolute Gasteiger partial charge is 0.372 e. The number of unbranched alkanes of at least 4 members (excludes halogenated alkanes) is 2. The van der Waals surface area contributed by atoms with Gasteiger partial charge >= 0.3 is 0 Å². The number of amides is 2. The molecular weight excluding hydrogens is 294 g/mol. The molecule has 126 valence electrons. The van der Waals surface area contributed by atoms with Crippen LogP contribution in [-0.2, 0) is 4.79 Å². The Labute approximate surface area is 136 Å². The lowest BCUT2D eigenvalue weighted by atomic mass is 10.1. The summed E-state index contributed by atoms with van der Waals surface area (Å²) in [6, 6.07) is 7.75. The van der Waals surface area contributed by atoms with Gasteiger partial charge in [-0.3, -0.25) is 14.8 Å². The molecular formula is C17H25N3O3. The Bertz CT molecular complexity index is 510. The van der Waals surface area contributed by atoms with E-state index in [9.17, 15) is 9.59 Å². The molecule has 0 radical (unpaired) electrons. The van der Waals surface area contributed by atoms with Crippen molar-refractivity contribution in [2.45, 2.75) is 38.5 Å². The van der Waals surface area contributed by atoms with Crippen molar-refractivity contribution < 1.29 is 14.8 Å². The molecule has 0 spiro atoms. The highest BCUT2D eigenvalue weighted by Gasteiger charge is 2.12. The van der Waals surface area contributed by atoms with E-state index in [4.69, 9.17) is 5.21 Å². The molecule has 0 aromatic heterocycles. The number of nitrogens with one attached hydrogen (secondary N) is 2. The zero-order chi connectivity index (χ0) is 16.5. The van der Waals surface area contributed by atoms with Crippen molar-refractivity contribution in [3.63, 3.8) is 0 Å². The van der Waals surface area contributed by atoms with E-state index in [2.05, 4.69) is 10.2 Å². The summed E-state index contributed by atoms with van der Waals surface area (Å²) in [4.78, 5) is 25.2. The van der Waals surface area contributed by atoms with Gasteiger partial charge in [0.25, 0.3) is 5.91 Å². The van der Waals surface area contributed by atoms with E-state index in [1.165, 1.54) is 18.5 Å². The predicted octanol–water partition coefficient (Wildman–Crippen LogP) is 2.08. The Balaban J connectivity index is 1.66. The number of benzene rings is 1. The van der Waals surface area contributed by atoms with Crippen LogP contribution in [0.15, 0.2) is 24.3 Å². The molecule has 2 rings (SSSR count). The number of carbonyl (C=O) groups is 2. The van der Waals surface area contributed by atoms with Crippen LogP contribution in [0.3, 0.4) is 0 Å². The third kappa shape index (κ3) is 5.56. The summed E-state index contributed by atoms with van der Waals surface area (Å²) >= 11 is 0. The highest BCUT2D eigenvalue weighted by molar-refractivity contribution is 5.94. The molecule has 3 N–H and O–H groups in total. The van der Waals surface area contributed by atoms with Gasteiger partial charge in [-0.25, -0.2) is 5.48 Å². The fraction of sp³-hybridized carbons (Fsp3) is 0.529. The zero-order valence-corrected chi connectivity index (χ0v) is 13.4. The molecule has 2 amide bonds. The Morgan fingerprint density at radius 1 is 1.04 bits per heavy atom. The van der Waals surface area contributed by atoms with Crippen LogP contribution in [0.5, 0.6) is 0 Å². The van der Waals surface area contributed by atoms with Gasteiger partial charge in [0.15, 0.2) is 0 Å². The molecule has 1 aromatic rings. The van der Waals surface area contributed by atoms with E-state index >= 15 is 0 Å². The van der Waals surface area contributed by atoms with Crippen molar-refractivity contribution in [1.82, 2.24) is 10.8 Å². The Kier molecular flexibility index (Phi) is 6.87. The first kappa shape index (κ1) is 17.3. The molecule has 0 unspecified atom stereocenters. The van der Waals surface area contributed by atoms with Gasteiger partial charge in [-0.15, -0.1) is 0 Å². The standard InChI is InChI=1S/C17H25N3O3/c21-16(19-23)6-2-1-3-11-18-17(22)14-7-9-15(10-8-14)20-12-4-5-13-20/h7-10,23H,1-6,11-13H2,(H,18,22)(H,19,21). The van der Waals surface area contributed by atoms with Crippen molar-refractivity contribution in [3.8, 4) is 0 Å². The van der Waals surface area contributed by atoms with Crippen molar-refractivity contribution in [1.29, 1.82) is 0 Å². The summed E-state index contributed by atoms with van der Waals surface area (Å²) < 4.78 is 0. The van der Waals surface area contributed by atoms with Crippen LogP contribution in [0.25, 0.3) is 0 Å². The zero-order valence-electron chi connectivity index (χ0n) is 13.4. The van der Waals surface area contributed by atoms with Gasteiger partial charge in [0, 0.05) is 37.3 Å². The van der Waals surface area contributed by atoms with Crippen LogP contribution >= 0.6 is 0 Å². The third-order valence-electron chi connectivity index (χ3n) is 4.09. The lowest BCUT2D eigenvalue weighted by Gasteiger charge is -2.17. The molecule has 0 saturated carbocycles. The molecule has 0 aliphatic carbocycles. The van der Waals surface area contributed by atoms with Crippen molar-refractivity contribution in [2.75, 3.05) is 24.5 Å². The maximum absolute atomic E-state index is 12.0. The van der Waals surface area contributed by atoms with Gasteiger partial charge in [-0.05, 0) is 49.9 Å². The van der Waals surface area contributed by atoms with E-state index in [1.807, 2.05) is 24.3 Å². The van der Waals surface area contributed by atoms with E-state index in [1.54, 1.807) is 5.48 Å². The molecule has 1 aromatic carbocycles. The minimum Gasteiger partial charge on any atom is -0.372 e. The average Bonchev–Trinajstić information content (AvgIpc) is 3.12. The normalized spacial score (nSPS) is 13.9. The minimum absolute atomic E-state index is 0.0638. The van der Waals surface area contributed by atoms with Crippen LogP contribution in [0.1, 0.15) is 48.9 Å². The molecule has 1 fully saturated rings. The van der Waals surface area contributed by atoms with E-state index < -0.39 is 0 Å². The van der Waals surface area contributed by atoms with Gasteiger partial charge in [0.1, 0.15) is 0 Å². The molecule has 6 nitrogen and oxygen atoms in total. The smallest absolute Gasteiger partial charge is 0.251 e. The number of rotatable bonds is 8. The molecule has 0 atom stereocenters. The van der Waals surface area contributed by atoms with Crippen LogP contribution < -0.4 is 15.7 Å². The molecule has 1 aliphatic rings. The second-order valence-electron chi connectivity index (χ2n) is 5.84. The summed E-state index contributed by atoms with van der Waals surface area (Å²) in [6.07, 6.45) is 5.14. The Hall–Kier alpha value is -2.08. The first-order valence-corrected chi connectivity index (χ1v) is 8.27. The third-order valence-corrected chi connectivity index (χ3v) is 4.09. The van der Waals surface area contributed by atoms with E-state index in [0.29, 0.717) is 24.9 Å². The molecule has 1 aliphatic heterocycles. The van der Waals surface area contributed by atoms with Crippen LogP contribution in [0.2, 0.25) is 0 Å². The van der Waals surface area contributed by atoms with Crippen molar-refractivity contribution >= 4 is 17.5 Å². The molecule has 6 heteroatoms. The quantitative estimate of drug-likeness (QED) is 0.389. The summed E-state index contributed by atoms with van der Waals surface area (Å²) in [7, 11) is 0. The number of hydroxylamine groups is 1. The summed E-state index contributed by atoms with van der Waals surface area (Å²) in [5.74, 6) is -0.432. The van der Waals surface area contributed by atoms with Gasteiger partial charge in [0.05, 0.1) is 0 Å². The maximum Gasteiger partial charge on any atom is 0.251 e. The molecule has 1 saturated heterocycles. The van der Waals surface area contributed by atoms with Gasteiger partial charge < -0.3 is 10.2 Å². The van der Waals surface area contributed by atoms with Crippen LogP contribution in [0.4, 0.5) is 5.69 Å². The summed E-state index contributed by atoms with van der Waals surface area (Å²) in [5.41, 5.74) is 3.46. The number of anilines is 1. The molecule has 23 heavy (non-hydrogen) atoms. The number of hydrogen-bond acceptors (Lipinski definition) is 4. The van der Waals surface area contributed by atoms with Gasteiger partial charge in [0.2, 0.25) is 5.91 Å². The van der Waals surface area contributed by atoms with Crippen LogP contribution in [0, 0.1) is 0 Å². The fourth-order valence-corrected chi connectivity index (χ4v) is 2.75. The maximum atomic E-state index is 12.0. The summed E-state index contributed by atoms with van der Waals surface area (Å²) in [6.45, 7) is 2.78. The molecule has 0 bridgehead atoms. The Morgan fingerprint density at radius 3 is 2.39 bits per heavy atom. The second kappa shape index (κ2) is 9.15. The number of hydrogen-bond donors (Lipinski definition) is 3. The average molecular weight is 319 g/mol. The summed E-state index contributed by atoms with van der Waals surface area (Å²) in [5, 5.41) is 11.3. The predicted molar refractivity (Wildman–Crippen MR) is 88.6 cm³/mol. The highest BCUT2D eigenvalue weighted by atomic mass is 16.5. The van der Waals surface area contributed by atoms with Gasteiger partial charge in [-0.1, -0.05) is 6.42 Å². The first-order valence-electron chi connectivity index (χ1n) is 8.27. The van der Waals surface area contributed by atoms with Crippen molar-refractivity contribution in [2.24, 2.45) is 0 Å². The fourth-order valence-electron chi connectivity index (χ4n) is 2.75.